The van der Waals surface area contributed by atoms with Gasteiger partial charge in [-0.2, -0.15) is 5.26 Å². The van der Waals surface area contributed by atoms with Gasteiger partial charge < -0.3 is 4.42 Å². The highest BCUT2D eigenvalue weighted by atomic mass is 16.3. The monoisotopic (exact) mass is 457 g/mol. The highest BCUT2D eigenvalue weighted by Crippen LogP contribution is 2.43. The average Bonchev–Trinajstić information content (AvgIpc) is 3.52. The van der Waals surface area contributed by atoms with Gasteiger partial charge in [0, 0.05) is 28.5 Å². The first-order valence-corrected chi connectivity index (χ1v) is 12.5. The molecule has 3 aromatic carbocycles. The number of aryl methyl sites for hydroxylation is 3. The van der Waals surface area contributed by atoms with Gasteiger partial charge in [0.05, 0.1) is 17.2 Å². The van der Waals surface area contributed by atoms with Crippen molar-refractivity contribution in [3.05, 3.63) is 89.1 Å². The van der Waals surface area contributed by atoms with E-state index in [4.69, 9.17) is 4.42 Å². The molecule has 1 fully saturated rings. The largest absolute Gasteiger partial charge is 0.454 e. The number of aromatic nitrogens is 1. The predicted molar refractivity (Wildman–Crippen MR) is 141 cm³/mol. The third-order valence-corrected chi connectivity index (χ3v) is 7.80. The Hall–Kier alpha value is -3.90. The van der Waals surface area contributed by atoms with Crippen LogP contribution in [0.15, 0.2) is 71.3 Å². The summed E-state index contributed by atoms with van der Waals surface area (Å²) < 4.78 is 8.83. The standard InChI is InChI=1S/C32H29N2O/c1-20-11-14-26-27-16-13-24(19-33)30(23-12-15-25(21(2)18-23)22-8-4-5-9-22)32(27)35-31(26)29(20)28-10-6-7-17-34(28)3/h6-7,10-18,22H,4-5,8-9H2,1-3H3/q+1. The summed E-state index contributed by atoms with van der Waals surface area (Å²) in [5, 5.41) is 12.2. The van der Waals surface area contributed by atoms with E-state index in [0.717, 1.165) is 49.9 Å². The van der Waals surface area contributed by atoms with Gasteiger partial charge in [-0.05, 0) is 73.1 Å². The van der Waals surface area contributed by atoms with Crippen molar-refractivity contribution in [1.29, 1.82) is 5.26 Å². The number of hydrogen-bond acceptors (Lipinski definition) is 2. The van der Waals surface area contributed by atoms with E-state index >= 15 is 0 Å². The Morgan fingerprint density at radius 3 is 2.31 bits per heavy atom. The maximum atomic E-state index is 10.0. The lowest BCUT2D eigenvalue weighted by molar-refractivity contribution is -0.660. The van der Waals surface area contributed by atoms with Crippen molar-refractivity contribution in [3.8, 4) is 28.5 Å². The molecular formula is C32H29N2O+. The van der Waals surface area contributed by atoms with E-state index in [0.29, 0.717) is 11.5 Å². The lowest BCUT2D eigenvalue weighted by Gasteiger charge is -2.15. The summed E-state index contributed by atoms with van der Waals surface area (Å²) in [5.74, 6) is 0.665. The van der Waals surface area contributed by atoms with Gasteiger partial charge in [0.25, 0.3) is 0 Å². The van der Waals surface area contributed by atoms with Crippen LogP contribution < -0.4 is 4.57 Å². The molecule has 2 heterocycles. The number of nitriles is 1. The normalized spacial score (nSPS) is 14.1. The van der Waals surface area contributed by atoms with Crippen molar-refractivity contribution < 1.29 is 8.98 Å². The maximum Gasteiger partial charge on any atom is 0.216 e. The number of pyridine rings is 1. The zero-order chi connectivity index (χ0) is 24.1. The molecule has 0 bridgehead atoms. The summed E-state index contributed by atoms with van der Waals surface area (Å²) in [6.45, 7) is 4.33. The molecule has 0 saturated heterocycles. The van der Waals surface area contributed by atoms with E-state index in [9.17, 15) is 5.26 Å². The molecule has 5 aromatic rings. The van der Waals surface area contributed by atoms with Crippen LogP contribution in [0.2, 0.25) is 0 Å². The number of nitrogens with zero attached hydrogens (tertiary/aromatic N) is 2. The molecule has 172 valence electrons. The molecule has 35 heavy (non-hydrogen) atoms. The lowest BCUT2D eigenvalue weighted by Crippen LogP contribution is -2.30. The molecular weight excluding hydrogens is 428 g/mol. The molecule has 0 unspecified atom stereocenters. The first kappa shape index (κ1) is 21.6. The van der Waals surface area contributed by atoms with Gasteiger partial charge in [-0.3, -0.25) is 0 Å². The van der Waals surface area contributed by atoms with Crippen LogP contribution in [0, 0.1) is 25.2 Å². The Morgan fingerprint density at radius 1 is 0.857 bits per heavy atom. The Morgan fingerprint density at radius 2 is 1.60 bits per heavy atom. The van der Waals surface area contributed by atoms with Gasteiger partial charge in [-0.1, -0.05) is 43.2 Å². The third kappa shape index (κ3) is 3.44. The maximum absolute atomic E-state index is 10.0. The Bertz CT molecular complexity index is 1640. The van der Waals surface area contributed by atoms with Crippen molar-refractivity contribution in [2.24, 2.45) is 7.05 Å². The molecule has 0 N–H and O–H groups in total. The lowest BCUT2D eigenvalue weighted by atomic mass is 9.89. The van der Waals surface area contributed by atoms with Crippen LogP contribution in [0.25, 0.3) is 44.3 Å². The van der Waals surface area contributed by atoms with Gasteiger partial charge in [0.15, 0.2) is 6.20 Å². The summed E-state index contributed by atoms with van der Waals surface area (Å²) in [7, 11) is 2.06. The molecule has 1 aliphatic carbocycles. The molecule has 0 aliphatic heterocycles. The summed E-state index contributed by atoms with van der Waals surface area (Å²) in [6, 6.07) is 23.6. The minimum atomic E-state index is 0.646. The second kappa shape index (κ2) is 8.40. The van der Waals surface area contributed by atoms with E-state index < -0.39 is 0 Å². The van der Waals surface area contributed by atoms with Crippen molar-refractivity contribution in [2.45, 2.75) is 45.4 Å². The fourth-order valence-electron chi connectivity index (χ4n) is 6.01. The van der Waals surface area contributed by atoms with Crippen LogP contribution in [0.5, 0.6) is 0 Å². The minimum absolute atomic E-state index is 0.646. The number of furan rings is 1. The van der Waals surface area contributed by atoms with Crippen molar-refractivity contribution in [1.82, 2.24) is 0 Å². The van der Waals surface area contributed by atoms with E-state index in [1.54, 1.807) is 0 Å². The topological polar surface area (TPSA) is 40.8 Å². The molecule has 6 rings (SSSR count). The minimum Gasteiger partial charge on any atom is -0.454 e. The molecule has 2 aromatic heterocycles. The van der Waals surface area contributed by atoms with Crippen molar-refractivity contribution >= 4 is 21.9 Å². The molecule has 0 radical (unpaired) electrons. The number of rotatable bonds is 3. The zero-order valence-electron chi connectivity index (χ0n) is 20.6. The van der Waals surface area contributed by atoms with Gasteiger partial charge in [0.2, 0.25) is 5.69 Å². The molecule has 3 nitrogen and oxygen atoms in total. The zero-order valence-corrected chi connectivity index (χ0v) is 20.6. The molecule has 0 spiro atoms. The van der Waals surface area contributed by atoms with Gasteiger partial charge in [-0.15, -0.1) is 0 Å². The second-order valence-corrected chi connectivity index (χ2v) is 9.96. The summed E-state index contributed by atoms with van der Waals surface area (Å²) in [5.41, 5.74) is 10.4. The van der Waals surface area contributed by atoms with Crippen molar-refractivity contribution in [3.63, 3.8) is 0 Å². The molecule has 3 heteroatoms. The second-order valence-electron chi connectivity index (χ2n) is 9.96. The fourth-order valence-corrected chi connectivity index (χ4v) is 6.01. The Balaban J connectivity index is 1.62. The van der Waals surface area contributed by atoms with Gasteiger partial charge in [-0.25, -0.2) is 4.57 Å². The SMILES string of the molecule is Cc1cc(-c2c(C#N)ccc3c2oc2c(-c4cccc[n+]4C)c(C)ccc23)ccc1C1CCCC1. The summed E-state index contributed by atoms with van der Waals surface area (Å²) in [6.07, 6.45) is 7.27. The predicted octanol–water partition coefficient (Wildman–Crippen LogP) is 7.89. The molecule has 1 saturated carbocycles. The first-order valence-electron chi connectivity index (χ1n) is 12.5. The molecule has 0 atom stereocenters. The highest BCUT2D eigenvalue weighted by Gasteiger charge is 2.24. The van der Waals surface area contributed by atoms with Crippen LogP contribution in [0.3, 0.4) is 0 Å². The molecule has 0 amide bonds. The molecule has 1 aliphatic rings. The first-order chi connectivity index (χ1) is 17.1. The van der Waals surface area contributed by atoms with E-state index in [-0.39, 0.29) is 0 Å². The number of benzene rings is 3. The number of hydrogen-bond donors (Lipinski definition) is 0. The highest BCUT2D eigenvalue weighted by molar-refractivity contribution is 6.14. The quantitative estimate of drug-likeness (QED) is 0.258. The Labute approximate surface area is 206 Å². The van der Waals surface area contributed by atoms with Crippen LogP contribution >= 0.6 is 0 Å². The third-order valence-electron chi connectivity index (χ3n) is 7.80. The summed E-state index contributed by atoms with van der Waals surface area (Å²) in [4.78, 5) is 0. The van der Waals surface area contributed by atoms with Crippen LogP contribution in [0.4, 0.5) is 0 Å². The smallest absolute Gasteiger partial charge is 0.216 e. The summed E-state index contributed by atoms with van der Waals surface area (Å²) >= 11 is 0. The van der Waals surface area contributed by atoms with E-state index in [1.807, 2.05) is 18.2 Å². The van der Waals surface area contributed by atoms with Crippen LogP contribution in [-0.2, 0) is 7.05 Å². The van der Waals surface area contributed by atoms with Gasteiger partial charge >= 0.3 is 0 Å². The van der Waals surface area contributed by atoms with Crippen LogP contribution in [-0.4, -0.2) is 0 Å². The van der Waals surface area contributed by atoms with Crippen LogP contribution in [0.1, 0.15) is 53.9 Å². The van der Waals surface area contributed by atoms with E-state index in [2.05, 4.69) is 80.2 Å². The van der Waals surface area contributed by atoms with Gasteiger partial charge in [0.1, 0.15) is 18.2 Å². The average molecular weight is 458 g/mol. The van der Waals surface area contributed by atoms with E-state index in [1.165, 1.54) is 36.8 Å². The van der Waals surface area contributed by atoms with Crippen molar-refractivity contribution in [2.75, 3.05) is 0 Å². The Kier molecular flexibility index (Phi) is 5.19. The number of fused-ring (bicyclic) bond motifs is 3. The fraction of sp³-hybridized carbons (Fsp3) is 0.250.